The second-order valence-corrected chi connectivity index (χ2v) is 23.5. The number of carboxylic acids is 1. The molecule has 92 heavy (non-hydrogen) atoms. The molecule has 5 aromatic rings. The number of Topliss-reactive ketones (excluding diaryl/α,β-unsaturated/α-hetero) is 1. The Kier molecular flexibility index (Phi) is 39.7. The van der Waals surface area contributed by atoms with Crippen molar-refractivity contribution in [2.75, 3.05) is 39.1 Å². The molecule has 7 rings (SSSR count). The average Bonchev–Trinajstić information content (AvgIpc) is 2.97. The molecule has 0 saturated carbocycles. The summed E-state index contributed by atoms with van der Waals surface area (Å²) < 4.78 is 38.9. The van der Waals surface area contributed by atoms with Gasteiger partial charge in [0.15, 0.2) is 6.29 Å². The first-order chi connectivity index (χ1) is 43.1. The van der Waals surface area contributed by atoms with Gasteiger partial charge in [-0.05, 0) is 109 Å². The van der Waals surface area contributed by atoms with Crippen LogP contribution in [0.4, 0.5) is 0 Å². The third-order valence-electron chi connectivity index (χ3n) is 10.4. The molecule has 502 valence electrons. The van der Waals surface area contributed by atoms with Gasteiger partial charge in [0.05, 0.1) is 61.8 Å². The zero-order valence-corrected chi connectivity index (χ0v) is 56.4. The van der Waals surface area contributed by atoms with Crippen LogP contribution in [-0.2, 0) is 101 Å². The Balaban J connectivity index is 0.00000105. The van der Waals surface area contributed by atoms with Crippen LogP contribution in [0.25, 0.3) is 24.3 Å². The Bertz CT molecular complexity index is 3390. The van der Waals surface area contributed by atoms with Crippen LogP contribution in [0.15, 0.2) is 111 Å². The SMILES string of the molecule is CC(C)(C)C(=O)Cl.CCOC(=O)/C=C/c1cnn(C)c1.CCOP(=O)(CC(C)=O)OCC.Cn1cc(/C=C/C(=O)N2CCC=CC2=O)cn1.Cn1cc(/C=C/C(=O)O)cn1.Cn1cc(/C=C/C(=O)OC(=O)C(C)(C)C)cn1.Cn1cc(C=O)cn1.O=C1C=CCCN1. The van der Waals surface area contributed by atoms with Gasteiger partial charge in [0.1, 0.15) is 11.9 Å². The number of carbonyl (C=O) groups is 10. The van der Waals surface area contributed by atoms with Crippen LogP contribution in [0, 0.1) is 10.8 Å². The van der Waals surface area contributed by atoms with Gasteiger partial charge in [0.2, 0.25) is 11.1 Å². The van der Waals surface area contributed by atoms with E-state index in [-0.39, 0.29) is 46.3 Å². The van der Waals surface area contributed by atoms with Crippen molar-refractivity contribution in [1.29, 1.82) is 0 Å². The number of esters is 3. The Morgan fingerprint density at radius 2 is 1.01 bits per heavy atom. The lowest BCUT2D eigenvalue weighted by atomic mass is 9.97. The van der Waals surface area contributed by atoms with Gasteiger partial charge in [-0.2, -0.15) is 25.5 Å². The van der Waals surface area contributed by atoms with Gasteiger partial charge < -0.3 is 28.9 Å². The van der Waals surface area contributed by atoms with Crippen molar-refractivity contribution in [3.05, 3.63) is 138 Å². The van der Waals surface area contributed by atoms with Crippen LogP contribution in [0.1, 0.15) is 115 Å². The van der Waals surface area contributed by atoms with Crippen molar-refractivity contribution in [3.8, 4) is 0 Å². The Labute approximate surface area is 541 Å². The molecule has 7 heterocycles. The predicted molar refractivity (Wildman–Crippen MR) is 346 cm³/mol. The predicted octanol–water partition coefficient (Wildman–Crippen LogP) is 7.75. The quantitative estimate of drug-likeness (QED) is 0.0238. The number of ketones is 1. The normalized spacial score (nSPS) is 12.5. The van der Waals surface area contributed by atoms with Gasteiger partial charge in [-0.1, -0.05) is 32.9 Å². The summed E-state index contributed by atoms with van der Waals surface area (Å²) in [5.74, 6) is -3.18. The molecule has 0 fully saturated rings. The van der Waals surface area contributed by atoms with E-state index in [0.29, 0.717) is 31.9 Å². The molecule has 0 atom stereocenters. The zero-order chi connectivity index (χ0) is 70.0. The fraction of sp³-hybridized carbons (Fsp3) is 0.403. The van der Waals surface area contributed by atoms with Crippen LogP contribution in [0.5, 0.6) is 0 Å². The molecule has 0 aromatic carbocycles. The summed E-state index contributed by atoms with van der Waals surface area (Å²) in [4.78, 5) is 109. The van der Waals surface area contributed by atoms with E-state index in [9.17, 15) is 52.5 Å². The Hall–Kier alpha value is -9.37. The van der Waals surface area contributed by atoms with E-state index in [4.69, 9.17) is 30.5 Å². The molecular weight excluding hydrogens is 1240 g/mol. The van der Waals surface area contributed by atoms with Crippen molar-refractivity contribution in [1.82, 2.24) is 59.1 Å². The van der Waals surface area contributed by atoms with Gasteiger partial charge in [-0.15, -0.1) is 0 Å². The van der Waals surface area contributed by atoms with Crippen molar-refractivity contribution in [2.45, 2.75) is 82.1 Å². The number of aromatic nitrogens is 10. The highest BCUT2D eigenvalue weighted by atomic mass is 35.5. The lowest BCUT2D eigenvalue weighted by Gasteiger charge is -2.19. The van der Waals surface area contributed by atoms with Crippen LogP contribution >= 0.6 is 19.2 Å². The second-order valence-electron chi connectivity index (χ2n) is 21.1. The monoisotopic (exact) mass is 1320 g/mol. The second kappa shape index (κ2) is 44.2. The number of amides is 3. The maximum atomic E-state index is 11.7. The van der Waals surface area contributed by atoms with E-state index in [0.717, 1.165) is 54.0 Å². The average molecular weight is 1320 g/mol. The van der Waals surface area contributed by atoms with Crippen LogP contribution in [0.3, 0.4) is 0 Å². The molecule has 0 bridgehead atoms. The highest BCUT2D eigenvalue weighted by Gasteiger charge is 2.26. The maximum absolute atomic E-state index is 11.7. The molecule has 2 N–H and O–H groups in total. The number of aliphatic carboxylic acids is 1. The van der Waals surface area contributed by atoms with Crippen molar-refractivity contribution < 1.29 is 76.1 Å². The molecule has 0 spiro atoms. The van der Waals surface area contributed by atoms with Gasteiger partial charge in [0, 0.05) is 131 Å². The molecule has 0 saturated heterocycles. The number of rotatable bonds is 16. The summed E-state index contributed by atoms with van der Waals surface area (Å²) in [6, 6.07) is 0. The highest BCUT2D eigenvalue weighted by Crippen LogP contribution is 2.47. The summed E-state index contributed by atoms with van der Waals surface area (Å²) >= 11 is 5.11. The first kappa shape index (κ1) is 82.6. The number of carbonyl (C=O) groups excluding carboxylic acids is 9. The van der Waals surface area contributed by atoms with E-state index >= 15 is 0 Å². The fourth-order valence-corrected chi connectivity index (χ4v) is 7.55. The minimum absolute atomic E-state index is 0.0336. The number of carboxylic acid groups (broad SMARTS) is 1. The number of imide groups is 1. The third-order valence-corrected chi connectivity index (χ3v) is 13.1. The lowest BCUT2D eigenvalue weighted by Crippen LogP contribution is -2.37. The number of nitrogens with zero attached hydrogens (tertiary/aromatic N) is 11. The Morgan fingerprint density at radius 3 is 1.30 bits per heavy atom. The summed E-state index contributed by atoms with van der Waals surface area (Å²) in [7, 11) is 5.82. The highest BCUT2D eigenvalue weighted by molar-refractivity contribution is 7.54. The number of nitrogens with one attached hydrogen (secondary N) is 1. The smallest absolute Gasteiger partial charge is 0.338 e. The molecular formula is C62H86ClN12O16P. The molecule has 0 radical (unpaired) electrons. The van der Waals surface area contributed by atoms with Crippen molar-refractivity contribution >= 4 is 102 Å². The summed E-state index contributed by atoms with van der Waals surface area (Å²) in [5.41, 5.74) is 2.84. The number of aldehydes is 1. The number of aryl methyl sites for hydroxylation is 5. The first-order valence-electron chi connectivity index (χ1n) is 28.4. The number of hydrogen-bond donors (Lipinski definition) is 2. The number of hydrogen-bond acceptors (Lipinski definition) is 20. The standard InChI is InChI=1S/C12H13N3O2.C12H16N2O3.C9H12N2O2.C7H8N2O2.C7H15O4P.C5H9ClO.C5H6N2O.C5H7NO/c1-14-9-10(8-13-14)5-6-12(17)15-7-3-2-4-11(15)16;1-12(2,3)11(16)17-10(15)6-5-9-7-13-14(4)8-9;1-3-13-9(12)5-4-8-6-10-11(2)7-8;1-9-5-6(4-8-9)2-3-7(10)11;1-4-10-12(9,11-5-2)6-7(3)8;1-5(2,3)4(6)7;1-7-3-5(4-8)2-6-7;7-5-3-1-2-4-6-5/h2,4-6,8-9H,3,7H2,1H3;5-8H,1-4H3;4-7H,3H2,1-2H3;2-5H,1H3,(H,10,11);4-6H2,1-3H3;1-3H3;2-4H,1H3;1,3H,2,4H2,(H,6,7)/b2*6-5+;5-4+;3-2+;;;;. The third kappa shape index (κ3) is 40.3. The lowest BCUT2D eigenvalue weighted by molar-refractivity contribution is -0.162. The van der Waals surface area contributed by atoms with E-state index in [2.05, 4.69) is 35.5 Å². The minimum Gasteiger partial charge on any atom is -0.478 e. The molecule has 2 aliphatic rings. The molecule has 2 aliphatic heterocycles. The van der Waals surface area contributed by atoms with Crippen LogP contribution in [0.2, 0.25) is 0 Å². The topological polar surface area (TPSA) is 349 Å². The van der Waals surface area contributed by atoms with Gasteiger partial charge in [-0.25, -0.2) is 14.4 Å². The van der Waals surface area contributed by atoms with Crippen LogP contribution < -0.4 is 5.32 Å². The summed E-state index contributed by atoms with van der Waals surface area (Å²) in [6.45, 7) is 19.2. The largest absolute Gasteiger partial charge is 0.478 e. The molecule has 0 unspecified atom stereocenters. The molecule has 28 nitrogen and oxygen atoms in total. The molecule has 5 aromatic heterocycles. The summed E-state index contributed by atoms with van der Waals surface area (Å²) in [6.07, 6.45) is 37.2. The van der Waals surface area contributed by atoms with Gasteiger partial charge >= 0.3 is 31.5 Å². The van der Waals surface area contributed by atoms with E-state index in [1.807, 2.05) is 19.3 Å². The van der Waals surface area contributed by atoms with Crippen LogP contribution in [-0.4, -0.2) is 157 Å². The number of ether oxygens (including phenoxy) is 2. The fourth-order valence-electron chi connectivity index (χ4n) is 5.96. The van der Waals surface area contributed by atoms with E-state index in [1.54, 1.807) is 194 Å². The zero-order valence-electron chi connectivity index (χ0n) is 54.8. The van der Waals surface area contributed by atoms with Crippen molar-refractivity contribution in [2.24, 2.45) is 46.1 Å². The molecule has 0 aliphatic carbocycles. The molecule has 30 heteroatoms. The first-order valence-corrected chi connectivity index (χ1v) is 30.5. The van der Waals surface area contributed by atoms with Gasteiger partial charge in [-0.3, -0.25) is 66.4 Å². The number of halogens is 1. The van der Waals surface area contributed by atoms with E-state index in [1.165, 1.54) is 48.4 Å². The Morgan fingerprint density at radius 1 is 0.609 bits per heavy atom. The van der Waals surface area contributed by atoms with Gasteiger partial charge in [0.25, 0.3) is 11.8 Å². The summed E-state index contributed by atoms with van der Waals surface area (Å²) in [5, 5.41) is 30.2. The molecule has 3 amide bonds. The maximum Gasteiger partial charge on any atom is 0.338 e. The minimum atomic E-state index is -3.12. The van der Waals surface area contributed by atoms with E-state index < -0.39 is 30.9 Å². The van der Waals surface area contributed by atoms with Crippen molar-refractivity contribution in [3.63, 3.8) is 0 Å².